The molecule has 0 radical (unpaired) electrons. The Morgan fingerprint density at radius 3 is 2.50 bits per heavy atom. The molecule has 5 nitrogen and oxygen atoms in total. The average Bonchev–Trinajstić information content (AvgIpc) is 3.06. The highest BCUT2D eigenvalue weighted by Crippen LogP contribution is 2.25. The van der Waals surface area contributed by atoms with Crippen LogP contribution in [0, 0.1) is 32.1 Å². The Bertz CT molecular complexity index is 865. The van der Waals surface area contributed by atoms with Crippen LogP contribution < -0.4 is 0 Å². The van der Waals surface area contributed by atoms with Gasteiger partial charge in [0.15, 0.2) is 0 Å². The number of rotatable bonds is 5. The fourth-order valence-electron chi connectivity index (χ4n) is 2.47. The molecule has 0 aliphatic carbocycles. The highest BCUT2D eigenvalue weighted by atomic mass is 32.1. The van der Waals surface area contributed by atoms with Crippen molar-refractivity contribution < 1.29 is 14.3 Å². The minimum Gasteiger partial charge on any atom is -0.462 e. The van der Waals surface area contributed by atoms with Gasteiger partial charge in [-0.15, -0.1) is 11.3 Å². The van der Waals surface area contributed by atoms with Gasteiger partial charge >= 0.3 is 5.97 Å². The van der Waals surface area contributed by atoms with E-state index in [1.54, 1.807) is 26.8 Å². The fraction of sp³-hybridized carbons (Fsp3) is 0.278. The minimum atomic E-state index is -0.563. The molecule has 0 spiro atoms. The molecule has 2 aromatic rings. The van der Waals surface area contributed by atoms with Crippen LogP contribution in [0.5, 0.6) is 0 Å². The maximum atomic E-state index is 12.9. The van der Waals surface area contributed by atoms with Crippen LogP contribution >= 0.6 is 11.3 Å². The Labute approximate surface area is 144 Å². The molecular formula is C18H18N2O3S. The number of hydrogen-bond donors (Lipinski definition) is 1. The van der Waals surface area contributed by atoms with Crippen LogP contribution in [0.25, 0.3) is 6.08 Å². The van der Waals surface area contributed by atoms with Crippen molar-refractivity contribution >= 4 is 29.2 Å². The summed E-state index contributed by atoms with van der Waals surface area (Å²) in [7, 11) is 0. The normalized spacial score (nSPS) is 11.2. The summed E-state index contributed by atoms with van der Waals surface area (Å²) in [6.07, 6.45) is 1.57. The van der Waals surface area contributed by atoms with Gasteiger partial charge in [0.25, 0.3) is 0 Å². The van der Waals surface area contributed by atoms with Crippen molar-refractivity contribution in [2.45, 2.75) is 27.7 Å². The molecule has 0 aliphatic heterocycles. The molecule has 0 saturated heterocycles. The number of allylic oxidation sites excluding steroid dienone is 1. The van der Waals surface area contributed by atoms with Crippen molar-refractivity contribution in [3.8, 4) is 6.07 Å². The van der Waals surface area contributed by atoms with E-state index < -0.39 is 11.8 Å². The third-order valence-electron chi connectivity index (χ3n) is 3.62. The molecule has 1 N–H and O–H groups in total. The first-order valence-electron chi connectivity index (χ1n) is 7.47. The second-order valence-electron chi connectivity index (χ2n) is 5.31. The Morgan fingerprint density at radius 2 is 1.96 bits per heavy atom. The number of ketones is 1. The van der Waals surface area contributed by atoms with E-state index >= 15 is 0 Å². The van der Waals surface area contributed by atoms with Gasteiger partial charge in [-0.05, 0) is 50.8 Å². The molecule has 0 atom stereocenters. The summed E-state index contributed by atoms with van der Waals surface area (Å²) in [6, 6.07) is 3.88. The van der Waals surface area contributed by atoms with E-state index in [2.05, 4.69) is 4.98 Å². The molecule has 0 unspecified atom stereocenters. The van der Waals surface area contributed by atoms with Gasteiger partial charge in [0.05, 0.1) is 17.7 Å². The third-order valence-corrected chi connectivity index (χ3v) is 4.59. The first-order valence-corrected chi connectivity index (χ1v) is 8.35. The van der Waals surface area contributed by atoms with E-state index in [-0.39, 0.29) is 23.3 Å². The topological polar surface area (TPSA) is 83.0 Å². The van der Waals surface area contributed by atoms with Crippen LogP contribution in [0.4, 0.5) is 0 Å². The van der Waals surface area contributed by atoms with Gasteiger partial charge in [0.1, 0.15) is 11.6 Å². The maximum Gasteiger partial charge on any atom is 0.340 e. The highest BCUT2D eigenvalue weighted by Gasteiger charge is 2.27. The first-order chi connectivity index (χ1) is 11.4. The van der Waals surface area contributed by atoms with E-state index in [0.29, 0.717) is 11.4 Å². The number of ether oxygens (including phenoxy) is 1. The van der Waals surface area contributed by atoms with Gasteiger partial charge in [-0.3, -0.25) is 4.79 Å². The van der Waals surface area contributed by atoms with Crippen LogP contribution in [0.15, 0.2) is 17.0 Å². The number of nitriles is 1. The van der Waals surface area contributed by atoms with Crippen molar-refractivity contribution in [3.63, 3.8) is 0 Å². The van der Waals surface area contributed by atoms with E-state index in [1.807, 2.05) is 24.4 Å². The average molecular weight is 342 g/mol. The Kier molecular flexibility index (Phi) is 5.37. The molecule has 0 fully saturated rings. The van der Waals surface area contributed by atoms with Crippen LogP contribution in [-0.4, -0.2) is 23.3 Å². The molecule has 24 heavy (non-hydrogen) atoms. The second kappa shape index (κ2) is 7.28. The molecule has 124 valence electrons. The fourth-order valence-corrected chi connectivity index (χ4v) is 3.33. The quantitative estimate of drug-likeness (QED) is 0.386. The monoisotopic (exact) mass is 342 g/mol. The molecule has 0 aliphatic rings. The zero-order valence-corrected chi connectivity index (χ0v) is 14.8. The van der Waals surface area contributed by atoms with Gasteiger partial charge in [0, 0.05) is 16.3 Å². The van der Waals surface area contributed by atoms with Crippen molar-refractivity contribution in [3.05, 3.63) is 50.0 Å². The predicted octanol–water partition coefficient (Wildman–Crippen LogP) is 3.97. The molecule has 2 rings (SSSR count). The third kappa shape index (κ3) is 3.31. The Hall–Kier alpha value is -2.65. The number of nitrogens with zero attached hydrogens (tertiary/aromatic N) is 1. The largest absolute Gasteiger partial charge is 0.462 e. The molecule has 0 saturated carbocycles. The summed E-state index contributed by atoms with van der Waals surface area (Å²) in [5.74, 6) is -1.04. The van der Waals surface area contributed by atoms with Crippen LogP contribution in [0.3, 0.4) is 0 Å². The number of nitrogens with one attached hydrogen (secondary N) is 1. The molecule has 2 heterocycles. The number of thiophene rings is 1. The lowest BCUT2D eigenvalue weighted by Crippen LogP contribution is -2.13. The molecule has 0 amide bonds. The van der Waals surface area contributed by atoms with Gasteiger partial charge in [-0.2, -0.15) is 5.26 Å². The zero-order chi connectivity index (χ0) is 17.9. The number of hydrogen-bond acceptors (Lipinski definition) is 5. The minimum absolute atomic E-state index is 0.00630. The summed E-state index contributed by atoms with van der Waals surface area (Å²) in [5, 5.41) is 11.3. The molecular weight excluding hydrogens is 324 g/mol. The number of aromatic nitrogens is 1. The predicted molar refractivity (Wildman–Crippen MR) is 93.2 cm³/mol. The Morgan fingerprint density at radius 1 is 1.29 bits per heavy atom. The zero-order valence-electron chi connectivity index (χ0n) is 14.0. The molecule has 0 bridgehead atoms. The van der Waals surface area contributed by atoms with Crippen molar-refractivity contribution in [1.82, 2.24) is 4.98 Å². The van der Waals surface area contributed by atoms with Crippen molar-refractivity contribution in [2.24, 2.45) is 0 Å². The Balaban J connectivity index is 2.53. The highest BCUT2D eigenvalue weighted by molar-refractivity contribution is 7.11. The van der Waals surface area contributed by atoms with Crippen LogP contribution in [0.2, 0.25) is 0 Å². The number of Topliss-reactive ketones (excluding diaryl/α,β-unsaturated/α-hetero) is 1. The van der Waals surface area contributed by atoms with E-state index in [0.717, 1.165) is 10.4 Å². The van der Waals surface area contributed by atoms with Crippen LogP contribution in [-0.2, 0) is 4.74 Å². The number of aromatic amines is 1. The number of carbonyl (C=O) groups excluding carboxylic acids is 2. The van der Waals surface area contributed by atoms with E-state index in [9.17, 15) is 14.9 Å². The number of esters is 1. The van der Waals surface area contributed by atoms with Gasteiger partial charge in [-0.1, -0.05) is 0 Å². The van der Waals surface area contributed by atoms with Gasteiger partial charge in [-0.25, -0.2) is 4.79 Å². The summed E-state index contributed by atoms with van der Waals surface area (Å²) in [4.78, 5) is 28.9. The number of aryl methyl sites for hydroxylation is 3. The lowest BCUT2D eigenvalue weighted by Gasteiger charge is -2.05. The standard InChI is InChI=1S/C18H18N2O3S/c1-5-23-18(22)16-12(4)20-11(3)15(16)17(21)13(9-19)8-14-10(2)6-7-24-14/h6-8,20H,5H2,1-4H3/b13-8+. The first kappa shape index (κ1) is 17.7. The second-order valence-corrected chi connectivity index (χ2v) is 6.26. The molecule has 2 aromatic heterocycles. The number of carbonyl (C=O) groups is 2. The van der Waals surface area contributed by atoms with E-state index in [1.165, 1.54) is 11.3 Å². The van der Waals surface area contributed by atoms with Crippen molar-refractivity contribution in [2.75, 3.05) is 6.61 Å². The lowest BCUT2D eigenvalue weighted by atomic mass is 9.98. The van der Waals surface area contributed by atoms with E-state index in [4.69, 9.17) is 4.74 Å². The number of H-pyrrole nitrogens is 1. The summed E-state index contributed by atoms with van der Waals surface area (Å²) in [5.41, 5.74) is 2.49. The summed E-state index contributed by atoms with van der Waals surface area (Å²) >= 11 is 1.45. The van der Waals surface area contributed by atoms with Crippen LogP contribution in [0.1, 0.15) is 49.5 Å². The smallest absolute Gasteiger partial charge is 0.340 e. The lowest BCUT2D eigenvalue weighted by molar-refractivity contribution is 0.0523. The summed E-state index contributed by atoms with van der Waals surface area (Å²) < 4.78 is 5.04. The SMILES string of the molecule is CCOC(=O)c1c(C)[nH]c(C)c1C(=O)/C(C#N)=C/c1sccc1C. The van der Waals surface area contributed by atoms with Crippen molar-refractivity contribution in [1.29, 1.82) is 5.26 Å². The maximum absolute atomic E-state index is 12.9. The summed E-state index contributed by atoms with van der Waals surface area (Å²) in [6.45, 7) is 7.24. The molecule has 6 heteroatoms. The van der Waals surface area contributed by atoms with Gasteiger partial charge in [0.2, 0.25) is 5.78 Å². The van der Waals surface area contributed by atoms with Gasteiger partial charge < -0.3 is 9.72 Å². The molecule has 0 aromatic carbocycles.